The van der Waals surface area contributed by atoms with E-state index in [1.165, 1.54) is 53.7 Å². The first-order valence-electron chi connectivity index (χ1n) is 7.98. The molecule has 5 nitrogen and oxygen atoms in total. The Bertz CT molecular complexity index is 947. The summed E-state index contributed by atoms with van der Waals surface area (Å²) in [6.07, 6.45) is -2.46. The summed E-state index contributed by atoms with van der Waals surface area (Å²) < 4.78 is 55.5. The molecule has 2 aromatic carbocycles. The van der Waals surface area contributed by atoms with Gasteiger partial charge in [0.2, 0.25) is 12.4 Å². The van der Waals surface area contributed by atoms with Crippen LogP contribution in [0.2, 0.25) is 0 Å². The number of aromatic nitrogens is 2. The van der Waals surface area contributed by atoms with Gasteiger partial charge < -0.3 is 9.84 Å². The van der Waals surface area contributed by atoms with Crippen LogP contribution in [0.4, 0.5) is 17.6 Å². The number of hydrogen-bond donors (Lipinski definition) is 0. The standard InChI is InChI=1S/C19H13F4N3O2/c20-18(21)19(22,23)28-16-7-5-14(6-8-16)13-1-3-15(4-2-13)17(27)25-26-11-9-24-10-12-26/h1-12,18H. The minimum absolute atomic E-state index is 0.351. The fraction of sp³-hybridized carbons (Fsp3) is 0.105. The molecule has 0 fully saturated rings. The number of halogens is 4. The summed E-state index contributed by atoms with van der Waals surface area (Å²) in [5.74, 6) is -0.838. The van der Waals surface area contributed by atoms with E-state index in [-0.39, 0.29) is 5.75 Å². The van der Waals surface area contributed by atoms with E-state index in [0.717, 1.165) is 0 Å². The third-order valence-corrected chi connectivity index (χ3v) is 3.64. The zero-order valence-corrected chi connectivity index (χ0v) is 14.2. The quantitative estimate of drug-likeness (QED) is 0.281. The van der Waals surface area contributed by atoms with E-state index in [0.29, 0.717) is 16.7 Å². The topological polar surface area (TPSA) is 61.4 Å². The fourth-order valence-corrected chi connectivity index (χ4v) is 2.26. The Morgan fingerprint density at radius 3 is 2.04 bits per heavy atom. The van der Waals surface area contributed by atoms with Crippen molar-refractivity contribution in [2.45, 2.75) is 12.5 Å². The highest BCUT2D eigenvalue weighted by molar-refractivity contribution is 5.90. The van der Waals surface area contributed by atoms with Gasteiger partial charge in [0.15, 0.2) is 0 Å². The molecule has 0 radical (unpaired) electrons. The van der Waals surface area contributed by atoms with Gasteiger partial charge in [0, 0.05) is 0 Å². The van der Waals surface area contributed by atoms with E-state index in [1.54, 1.807) is 24.3 Å². The van der Waals surface area contributed by atoms with E-state index >= 15 is 0 Å². The molecule has 0 amide bonds. The van der Waals surface area contributed by atoms with Gasteiger partial charge in [-0.1, -0.05) is 41.1 Å². The predicted octanol–water partition coefficient (Wildman–Crippen LogP) is 2.84. The van der Waals surface area contributed by atoms with Gasteiger partial charge in [0.25, 0.3) is 0 Å². The molecule has 0 saturated carbocycles. The largest absolute Gasteiger partial charge is 0.854 e. The van der Waals surface area contributed by atoms with Gasteiger partial charge in [-0.15, -0.1) is 0 Å². The number of alkyl halides is 4. The Morgan fingerprint density at radius 2 is 1.50 bits per heavy atom. The van der Waals surface area contributed by atoms with Crippen molar-refractivity contribution < 1.29 is 32.1 Å². The second kappa shape index (κ2) is 8.03. The number of ether oxygens (including phenoxy) is 1. The first-order valence-corrected chi connectivity index (χ1v) is 7.98. The van der Waals surface area contributed by atoms with Crippen molar-refractivity contribution in [3.8, 4) is 16.9 Å². The monoisotopic (exact) mass is 391 g/mol. The molecule has 0 aliphatic carbocycles. The predicted molar refractivity (Wildman–Crippen MR) is 89.8 cm³/mol. The van der Waals surface area contributed by atoms with Crippen molar-refractivity contribution in [1.82, 2.24) is 4.98 Å². The molecule has 1 heterocycles. The summed E-state index contributed by atoms with van der Waals surface area (Å²) in [6.45, 7) is 0. The lowest BCUT2D eigenvalue weighted by Crippen LogP contribution is -2.33. The van der Waals surface area contributed by atoms with Crippen LogP contribution in [0.1, 0.15) is 5.56 Å². The zero-order chi connectivity index (χ0) is 20.1. The average molecular weight is 391 g/mol. The molecule has 144 valence electrons. The maximum absolute atomic E-state index is 12.9. The fourth-order valence-electron chi connectivity index (χ4n) is 2.26. The molecule has 0 atom stereocenters. The lowest BCUT2D eigenvalue weighted by atomic mass is 10.0. The first-order chi connectivity index (χ1) is 13.3. The van der Waals surface area contributed by atoms with Crippen molar-refractivity contribution in [3.63, 3.8) is 0 Å². The summed E-state index contributed by atoms with van der Waals surface area (Å²) >= 11 is 0. The van der Waals surface area contributed by atoms with Crippen LogP contribution in [0, 0.1) is 0 Å². The lowest BCUT2D eigenvalue weighted by Gasteiger charge is -2.17. The second-order valence-corrected chi connectivity index (χ2v) is 5.60. The highest BCUT2D eigenvalue weighted by Gasteiger charge is 2.43. The molecule has 0 N–H and O–H groups in total. The van der Waals surface area contributed by atoms with Crippen LogP contribution in [0.25, 0.3) is 11.1 Å². The summed E-state index contributed by atoms with van der Waals surface area (Å²) in [6, 6.07) is 11.7. The molecular weight excluding hydrogens is 378 g/mol. The van der Waals surface area contributed by atoms with Crippen molar-refractivity contribution in [2.75, 3.05) is 0 Å². The van der Waals surface area contributed by atoms with Gasteiger partial charge in [-0.3, -0.25) is 4.98 Å². The lowest BCUT2D eigenvalue weighted by molar-refractivity contribution is -0.682. The molecule has 0 spiro atoms. The Labute approximate surface area is 157 Å². The van der Waals surface area contributed by atoms with E-state index in [9.17, 15) is 22.7 Å². The van der Waals surface area contributed by atoms with Crippen LogP contribution in [0.5, 0.6) is 5.75 Å². The third kappa shape index (κ3) is 4.61. The van der Waals surface area contributed by atoms with Crippen LogP contribution in [0.3, 0.4) is 0 Å². The summed E-state index contributed by atoms with van der Waals surface area (Å²) in [7, 11) is 0. The zero-order valence-electron chi connectivity index (χ0n) is 14.2. The van der Waals surface area contributed by atoms with Crippen molar-refractivity contribution in [1.29, 1.82) is 0 Å². The van der Waals surface area contributed by atoms with Crippen molar-refractivity contribution in [2.24, 2.45) is 5.10 Å². The molecule has 0 aliphatic heterocycles. The van der Waals surface area contributed by atoms with Gasteiger partial charge in [0.05, 0.1) is 18.3 Å². The summed E-state index contributed by atoms with van der Waals surface area (Å²) in [5.41, 5.74) is 1.68. The van der Waals surface area contributed by atoms with Crippen LogP contribution >= 0.6 is 0 Å². The third-order valence-electron chi connectivity index (χ3n) is 3.64. The van der Waals surface area contributed by atoms with E-state index in [2.05, 4.69) is 14.8 Å². The molecule has 0 unspecified atom stereocenters. The summed E-state index contributed by atoms with van der Waals surface area (Å²) in [4.78, 5) is 3.83. The Balaban J connectivity index is 1.74. The molecule has 0 saturated heterocycles. The Kier molecular flexibility index (Phi) is 5.53. The molecule has 0 bridgehead atoms. The first kappa shape index (κ1) is 19.3. The van der Waals surface area contributed by atoms with Crippen LogP contribution < -0.4 is 14.5 Å². The molecule has 1 aromatic heterocycles. The average Bonchev–Trinajstić information content (AvgIpc) is 2.69. The highest BCUT2D eigenvalue weighted by atomic mass is 19.3. The van der Waals surface area contributed by atoms with Crippen LogP contribution in [0.15, 0.2) is 78.4 Å². The highest BCUT2D eigenvalue weighted by Crippen LogP contribution is 2.29. The number of benzene rings is 2. The molecule has 3 aromatic rings. The van der Waals surface area contributed by atoms with Gasteiger partial charge >= 0.3 is 12.5 Å². The summed E-state index contributed by atoms with van der Waals surface area (Å²) in [5, 5.41) is 16.0. The molecule has 0 aliphatic rings. The molecular formula is C19H13F4N3O2. The van der Waals surface area contributed by atoms with Crippen molar-refractivity contribution in [3.05, 3.63) is 78.9 Å². The number of hydrogen-bond acceptors (Lipinski definition) is 4. The molecule has 28 heavy (non-hydrogen) atoms. The maximum Gasteiger partial charge on any atom is 0.461 e. The minimum atomic E-state index is -4.56. The smallest absolute Gasteiger partial charge is 0.461 e. The SMILES string of the molecule is [O-]C(=N[n+]1ccncc1)c1ccc(-c2ccc(OC(F)(F)C(F)F)cc2)cc1. The van der Waals surface area contributed by atoms with Gasteiger partial charge in [-0.25, -0.2) is 0 Å². The normalized spacial score (nSPS) is 12.2. The van der Waals surface area contributed by atoms with Gasteiger partial charge in [-0.2, -0.15) is 17.6 Å². The minimum Gasteiger partial charge on any atom is -0.854 e. The van der Waals surface area contributed by atoms with E-state index < -0.39 is 18.4 Å². The number of rotatable bonds is 6. The second-order valence-electron chi connectivity index (χ2n) is 5.60. The maximum atomic E-state index is 12.9. The Hall–Kier alpha value is -3.49. The van der Waals surface area contributed by atoms with Gasteiger partial charge in [-0.05, 0) is 33.9 Å². The Morgan fingerprint density at radius 1 is 0.964 bits per heavy atom. The van der Waals surface area contributed by atoms with E-state index in [4.69, 9.17) is 0 Å². The molecule has 3 rings (SSSR count). The van der Waals surface area contributed by atoms with Crippen LogP contribution in [-0.4, -0.2) is 23.4 Å². The van der Waals surface area contributed by atoms with Gasteiger partial charge in [0.1, 0.15) is 5.75 Å². The number of nitrogens with zero attached hydrogens (tertiary/aromatic N) is 3. The van der Waals surface area contributed by atoms with Crippen molar-refractivity contribution >= 4 is 5.90 Å². The van der Waals surface area contributed by atoms with Crippen LogP contribution in [-0.2, 0) is 0 Å². The van der Waals surface area contributed by atoms with E-state index in [1.807, 2.05) is 0 Å². The molecule has 9 heteroatoms.